The van der Waals surface area contributed by atoms with Crippen molar-refractivity contribution in [2.75, 3.05) is 6.54 Å². The molecule has 0 aromatic heterocycles. The minimum Gasteiger partial charge on any atom is -0.343 e. The fourth-order valence-electron chi connectivity index (χ4n) is 1.73. The molecule has 6 heteroatoms. The average Bonchev–Trinajstić information content (AvgIpc) is 2.55. The molecule has 0 bridgehead atoms. The molecular formula is C17H16FN3O2. The van der Waals surface area contributed by atoms with Crippen molar-refractivity contribution in [2.45, 2.75) is 6.92 Å². The summed E-state index contributed by atoms with van der Waals surface area (Å²) < 4.78 is 12.7. The van der Waals surface area contributed by atoms with Gasteiger partial charge in [-0.1, -0.05) is 29.8 Å². The fraction of sp³-hybridized carbons (Fsp3) is 0.118. The predicted octanol–water partition coefficient (Wildman–Crippen LogP) is 2.01. The van der Waals surface area contributed by atoms with Gasteiger partial charge in [-0.25, -0.2) is 9.82 Å². The van der Waals surface area contributed by atoms with Crippen LogP contribution in [0.4, 0.5) is 4.39 Å². The molecule has 2 aromatic carbocycles. The Hall–Kier alpha value is -3.02. The van der Waals surface area contributed by atoms with E-state index < -0.39 is 5.91 Å². The molecule has 0 aliphatic heterocycles. The van der Waals surface area contributed by atoms with Gasteiger partial charge in [-0.3, -0.25) is 9.59 Å². The van der Waals surface area contributed by atoms with Crippen LogP contribution in [0.15, 0.2) is 53.6 Å². The van der Waals surface area contributed by atoms with Gasteiger partial charge in [-0.15, -0.1) is 0 Å². The van der Waals surface area contributed by atoms with Gasteiger partial charge in [0.05, 0.1) is 12.8 Å². The molecule has 0 saturated heterocycles. The lowest BCUT2D eigenvalue weighted by Crippen LogP contribution is -2.34. The quantitative estimate of drug-likeness (QED) is 0.655. The molecule has 0 unspecified atom stereocenters. The summed E-state index contributed by atoms with van der Waals surface area (Å²) in [6.45, 7) is 1.74. The van der Waals surface area contributed by atoms with Crippen molar-refractivity contribution in [3.05, 3.63) is 71.0 Å². The second kappa shape index (κ2) is 7.84. The monoisotopic (exact) mass is 313 g/mol. The van der Waals surface area contributed by atoms with Crippen LogP contribution in [-0.2, 0) is 4.79 Å². The largest absolute Gasteiger partial charge is 0.343 e. The standard InChI is InChI=1S/C17H16FN3O2/c1-12-2-6-14(7-3-12)17(23)19-11-16(22)21-20-10-13-4-8-15(18)9-5-13/h2-10H,11H2,1H3,(H,19,23)(H,21,22)/b20-10+. The van der Waals surface area contributed by atoms with Crippen molar-refractivity contribution in [1.29, 1.82) is 0 Å². The molecule has 0 heterocycles. The molecule has 5 nitrogen and oxygen atoms in total. The van der Waals surface area contributed by atoms with Crippen LogP contribution in [0.5, 0.6) is 0 Å². The Morgan fingerprint density at radius 2 is 1.74 bits per heavy atom. The number of carbonyl (C=O) groups excluding carboxylic acids is 2. The SMILES string of the molecule is Cc1ccc(C(=O)NCC(=O)N/N=C/c2ccc(F)cc2)cc1. The first kappa shape index (κ1) is 16.4. The Kier molecular flexibility index (Phi) is 5.57. The summed E-state index contributed by atoms with van der Waals surface area (Å²) in [4.78, 5) is 23.4. The van der Waals surface area contributed by atoms with Crippen molar-refractivity contribution in [3.8, 4) is 0 Å². The highest BCUT2D eigenvalue weighted by Crippen LogP contribution is 2.02. The predicted molar refractivity (Wildman–Crippen MR) is 85.6 cm³/mol. The highest BCUT2D eigenvalue weighted by atomic mass is 19.1. The van der Waals surface area contributed by atoms with E-state index in [1.807, 2.05) is 19.1 Å². The number of hydrazone groups is 1. The highest BCUT2D eigenvalue weighted by Gasteiger charge is 2.06. The number of aryl methyl sites for hydroxylation is 1. The number of rotatable bonds is 5. The smallest absolute Gasteiger partial charge is 0.259 e. The van der Waals surface area contributed by atoms with E-state index in [2.05, 4.69) is 15.8 Å². The summed E-state index contributed by atoms with van der Waals surface area (Å²) in [5.74, 6) is -1.13. The summed E-state index contributed by atoms with van der Waals surface area (Å²) in [5, 5.41) is 6.24. The number of amides is 2. The second-order valence-electron chi connectivity index (χ2n) is 4.89. The van der Waals surface area contributed by atoms with Crippen LogP contribution in [-0.4, -0.2) is 24.6 Å². The van der Waals surface area contributed by atoms with E-state index >= 15 is 0 Å². The number of nitrogens with zero attached hydrogens (tertiary/aromatic N) is 1. The molecule has 0 radical (unpaired) electrons. The summed E-state index contributed by atoms with van der Waals surface area (Å²) in [6, 6.07) is 12.7. The lowest BCUT2D eigenvalue weighted by Gasteiger charge is -2.04. The number of hydrogen-bond donors (Lipinski definition) is 2. The van der Waals surface area contributed by atoms with E-state index in [1.54, 1.807) is 12.1 Å². The summed E-state index contributed by atoms with van der Waals surface area (Å²) in [6.07, 6.45) is 1.39. The fourth-order valence-corrected chi connectivity index (χ4v) is 1.73. The molecule has 0 spiro atoms. The van der Waals surface area contributed by atoms with Gasteiger partial charge in [-0.05, 0) is 36.8 Å². The van der Waals surface area contributed by atoms with Crippen LogP contribution >= 0.6 is 0 Å². The molecule has 0 saturated carbocycles. The molecule has 0 atom stereocenters. The van der Waals surface area contributed by atoms with E-state index in [0.717, 1.165) is 5.56 Å². The Labute approximate surface area is 133 Å². The zero-order chi connectivity index (χ0) is 16.7. The molecule has 118 valence electrons. The summed E-state index contributed by atoms with van der Waals surface area (Å²) >= 11 is 0. The first-order chi connectivity index (χ1) is 11.0. The minimum atomic E-state index is -0.455. The van der Waals surface area contributed by atoms with E-state index in [4.69, 9.17) is 0 Å². The third-order valence-electron chi connectivity index (χ3n) is 3.00. The van der Waals surface area contributed by atoms with Crippen LogP contribution in [0, 0.1) is 12.7 Å². The van der Waals surface area contributed by atoms with E-state index in [0.29, 0.717) is 11.1 Å². The number of carbonyl (C=O) groups is 2. The van der Waals surface area contributed by atoms with Gasteiger partial charge in [0.1, 0.15) is 5.82 Å². The molecule has 2 amide bonds. The zero-order valence-corrected chi connectivity index (χ0v) is 12.5. The van der Waals surface area contributed by atoms with Crippen LogP contribution in [0.25, 0.3) is 0 Å². The Bertz CT molecular complexity index is 710. The van der Waals surface area contributed by atoms with Gasteiger partial charge in [0.15, 0.2) is 0 Å². The maximum Gasteiger partial charge on any atom is 0.259 e. The van der Waals surface area contributed by atoms with E-state index in [1.165, 1.54) is 30.5 Å². The van der Waals surface area contributed by atoms with Gasteiger partial charge < -0.3 is 5.32 Å². The zero-order valence-electron chi connectivity index (χ0n) is 12.5. The van der Waals surface area contributed by atoms with Crippen molar-refractivity contribution in [1.82, 2.24) is 10.7 Å². The molecule has 0 aliphatic rings. The lowest BCUT2D eigenvalue weighted by molar-refractivity contribution is -0.120. The maximum atomic E-state index is 12.7. The van der Waals surface area contributed by atoms with Crippen LogP contribution in [0.3, 0.4) is 0 Å². The second-order valence-corrected chi connectivity index (χ2v) is 4.89. The van der Waals surface area contributed by atoms with Gasteiger partial charge in [0.25, 0.3) is 11.8 Å². The summed E-state index contributed by atoms with van der Waals surface area (Å²) in [5.41, 5.74) is 4.47. The summed E-state index contributed by atoms with van der Waals surface area (Å²) in [7, 11) is 0. The van der Waals surface area contributed by atoms with Gasteiger partial charge in [0.2, 0.25) is 0 Å². The van der Waals surface area contributed by atoms with Crippen LogP contribution < -0.4 is 10.7 Å². The topological polar surface area (TPSA) is 70.6 Å². The number of hydrogen-bond acceptors (Lipinski definition) is 3. The first-order valence-corrected chi connectivity index (χ1v) is 6.97. The minimum absolute atomic E-state index is 0.187. The van der Waals surface area contributed by atoms with Crippen molar-refractivity contribution < 1.29 is 14.0 Å². The molecule has 2 aromatic rings. The molecule has 0 aliphatic carbocycles. The Morgan fingerprint density at radius 3 is 2.39 bits per heavy atom. The van der Waals surface area contributed by atoms with Gasteiger partial charge in [-0.2, -0.15) is 5.10 Å². The molecule has 2 N–H and O–H groups in total. The molecule has 0 fully saturated rings. The van der Waals surface area contributed by atoms with Crippen LogP contribution in [0.2, 0.25) is 0 Å². The average molecular weight is 313 g/mol. The van der Waals surface area contributed by atoms with Crippen molar-refractivity contribution in [3.63, 3.8) is 0 Å². The van der Waals surface area contributed by atoms with Crippen molar-refractivity contribution >= 4 is 18.0 Å². The Morgan fingerprint density at radius 1 is 1.09 bits per heavy atom. The lowest BCUT2D eigenvalue weighted by atomic mass is 10.1. The first-order valence-electron chi connectivity index (χ1n) is 6.97. The maximum absolute atomic E-state index is 12.7. The third-order valence-corrected chi connectivity index (χ3v) is 3.00. The molecule has 2 rings (SSSR count). The molecule has 23 heavy (non-hydrogen) atoms. The van der Waals surface area contributed by atoms with Gasteiger partial charge in [0, 0.05) is 5.56 Å². The highest BCUT2D eigenvalue weighted by molar-refractivity contribution is 5.96. The van der Waals surface area contributed by atoms with Crippen molar-refractivity contribution in [2.24, 2.45) is 5.10 Å². The number of halogens is 1. The van der Waals surface area contributed by atoms with E-state index in [-0.39, 0.29) is 18.3 Å². The van der Waals surface area contributed by atoms with Crippen LogP contribution in [0.1, 0.15) is 21.5 Å². The van der Waals surface area contributed by atoms with E-state index in [9.17, 15) is 14.0 Å². The van der Waals surface area contributed by atoms with Gasteiger partial charge >= 0.3 is 0 Å². The number of benzene rings is 2. The molecular weight excluding hydrogens is 297 g/mol. The normalized spacial score (nSPS) is 10.5. The third kappa shape index (κ3) is 5.35. The number of nitrogens with one attached hydrogen (secondary N) is 2. The Balaban J connectivity index is 1.77.